The molecule has 0 radical (unpaired) electrons. The molecule has 0 unspecified atom stereocenters. The van der Waals surface area contributed by atoms with E-state index in [1.54, 1.807) is 23.1 Å². The number of amides is 2. The molecular formula is C23H27N3O5S. The summed E-state index contributed by atoms with van der Waals surface area (Å²) in [6, 6.07) is 16.8. The van der Waals surface area contributed by atoms with Crippen LogP contribution in [0.5, 0.6) is 5.75 Å². The molecule has 2 heterocycles. The van der Waals surface area contributed by atoms with Gasteiger partial charge in [-0.2, -0.15) is 0 Å². The highest BCUT2D eigenvalue weighted by atomic mass is 32.2. The molecule has 0 saturated carbocycles. The number of piperidine rings is 1. The van der Waals surface area contributed by atoms with Crippen molar-refractivity contribution in [3.05, 3.63) is 60.2 Å². The van der Waals surface area contributed by atoms with Crippen molar-refractivity contribution in [2.75, 3.05) is 30.8 Å². The molecule has 1 N–H and O–H groups in total. The number of benzene rings is 2. The van der Waals surface area contributed by atoms with Crippen LogP contribution in [0.1, 0.15) is 18.4 Å². The molecule has 2 aromatic rings. The molecule has 1 atom stereocenters. The van der Waals surface area contributed by atoms with Crippen LogP contribution < -0.4 is 15.0 Å². The predicted octanol–water partition coefficient (Wildman–Crippen LogP) is 1.77. The van der Waals surface area contributed by atoms with Crippen LogP contribution >= 0.6 is 0 Å². The van der Waals surface area contributed by atoms with Crippen molar-refractivity contribution in [2.24, 2.45) is 5.92 Å². The molecule has 1 saturated heterocycles. The average molecular weight is 458 g/mol. The number of anilines is 1. The normalized spacial score (nSPS) is 19.7. The smallest absolute Gasteiger partial charge is 0.263 e. The van der Waals surface area contributed by atoms with Gasteiger partial charge in [-0.1, -0.05) is 42.5 Å². The van der Waals surface area contributed by atoms with Gasteiger partial charge < -0.3 is 15.0 Å². The molecule has 2 aliphatic rings. The second kappa shape index (κ2) is 9.30. The molecular weight excluding hydrogens is 430 g/mol. The van der Waals surface area contributed by atoms with E-state index in [2.05, 4.69) is 5.32 Å². The number of rotatable bonds is 5. The van der Waals surface area contributed by atoms with E-state index in [0.29, 0.717) is 43.9 Å². The summed E-state index contributed by atoms with van der Waals surface area (Å²) in [4.78, 5) is 27.8. The van der Waals surface area contributed by atoms with E-state index in [0.717, 1.165) is 5.56 Å². The minimum absolute atomic E-state index is 0.102. The SMILES string of the molecule is CS(=O)(=O)N1CCC(C(=O)N2C[C@H](C(=O)NCc3ccccc3)Oc3ccccc32)CC1. The van der Waals surface area contributed by atoms with Crippen molar-refractivity contribution in [3.8, 4) is 5.75 Å². The van der Waals surface area contributed by atoms with E-state index in [9.17, 15) is 18.0 Å². The fraction of sp³-hybridized carbons (Fsp3) is 0.391. The van der Waals surface area contributed by atoms with Gasteiger partial charge in [-0.3, -0.25) is 9.59 Å². The van der Waals surface area contributed by atoms with Crippen LogP contribution in [0.25, 0.3) is 0 Å². The Balaban J connectivity index is 1.46. The summed E-state index contributed by atoms with van der Waals surface area (Å²) in [5, 5.41) is 2.89. The van der Waals surface area contributed by atoms with Crippen LogP contribution in [0.4, 0.5) is 5.69 Å². The Bertz CT molecular complexity index is 1080. The van der Waals surface area contributed by atoms with E-state index < -0.39 is 16.1 Å². The van der Waals surface area contributed by atoms with E-state index in [1.807, 2.05) is 36.4 Å². The first kappa shape index (κ1) is 22.3. The van der Waals surface area contributed by atoms with Crippen molar-refractivity contribution >= 4 is 27.5 Å². The third-order valence-corrected chi connectivity index (χ3v) is 7.22. The molecule has 0 aromatic heterocycles. The monoisotopic (exact) mass is 457 g/mol. The Morgan fingerprint density at radius 3 is 2.38 bits per heavy atom. The summed E-state index contributed by atoms with van der Waals surface area (Å²) in [6.07, 6.45) is 1.27. The number of carbonyl (C=O) groups is 2. The maximum absolute atomic E-state index is 13.4. The first-order chi connectivity index (χ1) is 15.3. The molecule has 0 bridgehead atoms. The Morgan fingerprint density at radius 1 is 1.03 bits per heavy atom. The first-order valence-corrected chi connectivity index (χ1v) is 12.5. The molecule has 4 rings (SSSR count). The van der Waals surface area contributed by atoms with Gasteiger partial charge in [-0.05, 0) is 30.5 Å². The summed E-state index contributed by atoms with van der Waals surface area (Å²) >= 11 is 0. The molecule has 2 aromatic carbocycles. The van der Waals surface area contributed by atoms with Crippen molar-refractivity contribution in [1.82, 2.24) is 9.62 Å². The number of nitrogens with zero attached hydrogens (tertiary/aromatic N) is 2. The molecule has 9 heteroatoms. The summed E-state index contributed by atoms with van der Waals surface area (Å²) in [7, 11) is -3.26. The number of nitrogens with one attached hydrogen (secondary N) is 1. The number of hydrogen-bond acceptors (Lipinski definition) is 5. The zero-order chi connectivity index (χ0) is 22.7. The van der Waals surface area contributed by atoms with Crippen LogP contribution in [0.15, 0.2) is 54.6 Å². The minimum atomic E-state index is -3.26. The highest BCUT2D eigenvalue weighted by molar-refractivity contribution is 7.88. The maximum atomic E-state index is 13.4. The second-order valence-electron chi connectivity index (χ2n) is 8.16. The largest absolute Gasteiger partial charge is 0.477 e. The van der Waals surface area contributed by atoms with E-state index in [-0.39, 0.29) is 24.3 Å². The Morgan fingerprint density at radius 2 is 1.69 bits per heavy atom. The van der Waals surface area contributed by atoms with Gasteiger partial charge in [0.15, 0.2) is 6.10 Å². The van der Waals surface area contributed by atoms with Crippen LogP contribution in [-0.4, -0.2) is 56.5 Å². The Labute approximate surface area is 188 Å². The fourth-order valence-corrected chi connectivity index (χ4v) is 5.01. The van der Waals surface area contributed by atoms with E-state index >= 15 is 0 Å². The Kier molecular flexibility index (Phi) is 6.48. The molecule has 8 nitrogen and oxygen atoms in total. The third-order valence-electron chi connectivity index (χ3n) is 5.91. The minimum Gasteiger partial charge on any atom is -0.477 e. The number of sulfonamides is 1. The number of hydrogen-bond donors (Lipinski definition) is 1. The van der Waals surface area contributed by atoms with Gasteiger partial charge in [0.25, 0.3) is 5.91 Å². The molecule has 0 spiro atoms. The van der Waals surface area contributed by atoms with Gasteiger partial charge in [0.1, 0.15) is 5.75 Å². The van der Waals surface area contributed by atoms with Gasteiger partial charge in [0.2, 0.25) is 15.9 Å². The fourth-order valence-electron chi connectivity index (χ4n) is 4.13. The van der Waals surface area contributed by atoms with Crippen molar-refractivity contribution in [2.45, 2.75) is 25.5 Å². The number of fused-ring (bicyclic) bond motifs is 1. The summed E-state index contributed by atoms with van der Waals surface area (Å²) < 4.78 is 30.9. The summed E-state index contributed by atoms with van der Waals surface area (Å²) in [5.74, 6) is -0.199. The lowest BCUT2D eigenvalue weighted by Gasteiger charge is -2.37. The van der Waals surface area contributed by atoms with Crippen LogP contribution in [0, 0.1) is 5.92 Å². The predicted molar refractivity (Wildman–Crippen MR) is 121 cm³/mol. The number of ether oxygens (including phenoxy) is 1. The van der Waals surface area contributed by atoms with E-state index in [4.69, 9.17) is 4.74 Å². The molecule has 170 valence electrons. The highest BCUT2D eigenvalue weighted by Crippen LogP contribution is 2.35. The first-order valence-electron chi connectivity index (χ1n) is 10.7. The van der Waals surface area contributed by atoms with Gasteiger partial charge in [-0.25, -0.2) is 12.7 Å². The zero-order valence-electron chi connectivity index (χ0n) is 17.9. The molecule has 1 fully saturated rings. The maximum Gasteiger partial charge on any atom is 0.263 e. The summed E-state index contributed by atoms with van der Waals surface area (Å²) in [6.45, 7) is 1.13. The van der Waals surface area contributed by atoms with Crippen molar-refractivity contribution in [3.63, 3.8) is 0 Å². The van der Waals surface area contributed by atoms with E-state index in [1.165, 1.54) is 10.6 Å². The standard InChI is InChI=1S/C23H27N3O5S/c1-32(29,30)25-13-11-18(12-14-25)23(28)26-16-21(31-20-10-6-5-9-19(20)26)22(27)24-15-17-7-3-2-4-8-17/h2-10,18,21H,11-16H2,1H3,(H,24,27)/t21-/m1/s1. The van der Waals surface area contributed by atoms with Gasteiger partial charge >= 0.3 is 0 Å². The van der Waals surface area contributed by atoms with Crippen LogP contribution in [-0.2, 0) is 26.2 Å². The topological polar surface area (TPSA) is 96.0 Å². The Hall–Kier alpha value is -2.91. The average Bonchev–Trinajstić information content (AvgIpc) is 2.81. The van der Waals surface area contributed by atoms with Gasteiger partial charge in [0, 0.05) is 25.6 Å². The lowest BCUT2D eigenvalue weighted by molar-refractivity contribution is -0.129. The zero-order valence-corrected chi connectivity index (χ0v) is 18.8. The summed E-state index contributed by atoms with van der Waals surface area (Å²) in [5.41, 5.74) is 1.61. The van der Waals surface area contributed by atoms with Gasteiger partial charge in [0.05, 0.1) is 18.5 Å². The highest BCUT2D eigenvalue weighted by Gasteiger charge is 2.38. The lowest BCUT2D eigenvalue weighted by atomic mass is 9.95. The van der Waals surface area contributed by atoms with Crippen molar-refractivity contribution in [1.29, 1.82) is 0 Å². The van der Waals surface area contributed by atoms with Crippen LogP contribution in [0.3, 0.4) is 0 Å². The molecule has 0 aliphatic carbocycles. The number of carbonyl (C=O) groups excluding carboxylic acids is 2. The lowest BCUT2D eigenvalue weighted by Crippen LogP contribution is -2.53. The van der Waals surface area contributed by atoms with Gasteiger partial charge in [-0.15, -0.1) is 0 Å². The second-order valence-corrected chi connectivity index (χ2v) is 10.1. The third kappa shape index (κ3) is 4.94. The van der Waals surface area contributed by atoms with Crippen molar-refractivity contribution < 1.29 is 22.7 Å². The quantitative estimate of drug-likeness (QED) is 0.738. The molecule has 2 aliphatic heterocycles. The van der Waals surface area contributed by atoms with Crippen LogP contribution in [0.2, 0.25) is 0 Å². The number of para-hydroxylation sites is 2. The molecule has 32 heavy (non-hydrogen) atoms. The molecule has 2 amide bonds.